The molecule has 0 bridgehead atoms. The van der Waals surface area contributed by atoms with Crippen molar-refractivity contribution in [3.63, 3.8) is 0 Å². The highest BCUT2D eigenvalue weighted by atomic mass is 35.5. The molecule has 1 atom stereocenters. The van der Waals surface area contributed by atoms with Crippen molar-refractivity contribution in [2.75, 3.05) is 6.61 Å². The molecule has 114 valence electrons. The number of amides is 1. The Kier molecular flexibility index (Phi) is 4.09. The van der Waals surface area contributed by atoms with Gasteiger partial charge in [0.25, 0.3) is 5.91 Å². The third kappa shape index (κ3) is 3.01. The first-order valence-electron chi connectivity index (χ1n) is 7.54. The van der Waals surface area contributed by atoms with Crippen LogP contribution in [0.4, 0.5) is 0 Å². The molecule has 1 fully saturated rings. The zero-order valence-corrected chi connectivity index (χ0v) is 12.7. The van der Waals surface area contributed by atoms with Gasteiger partial charge in [-0.2, -0.15) is 0 Å². The van der Waals surface area contributed by atoms with Gasteiger partial charge >= 0.3 is 0 Å². The largest absolute Gasteiger partial charge is 0.493 e. The van der Waals surface area contributed by atoms with Crippen molar-refractivity contribution in [2.45, 2.75) is 50.2 Å². The van der Waals surface area contributed by atoms with Crippen LogP contribution in [-0.4, -0.2) is 23.2 Å². The highest BCUT2D eigenvalue weighted by molar-refractivity contribution is 6.30. The highest BCUT2D eigenvalue weighted by Gasteiger charge is 2.40. The zero-order chi connectivity index (χ0) is 14.9. The molecule has 5 heteroatoms. The first-order chi connectivity index (χ1) is 10.1. The number of hydrogen-bond acceptors (Lipinski definition) is 3. The van der Waals surface area contributed by atoms with E-state index < -0.39 is 5.60 Å². The van der Waals surface area contributed by atoms with Crippen molar-refractivity contribution < 1.29 is 14.6 Å². The van der Waals surface area contributed by atoms with Crippen LogP contribution in [0.15, 0.2) is 18.2 Å². The Morgan fingerprint density at radius 3 is 2.86 bits per heavy atom. The van der Waals surface area contributed by atoms with Gasteiger partial charge in [-0.1, -0.05) is 17.7 Å². The van der Waals surface area contributed by atoms with Crippen molar-refractivity contribution in [3.05, 3.63) is 28.8 Å². The quantitative estimate of drug-likeness (QED) is 0.883. The number of hydrogen-bond donors (Lipinski definition) is 2. The lowest BCUT2D eigenvalue weighted by molar-refractivity contribution is -0.140. The number of aliphatic hydroxyl groups is 1. The Morgan fingerprint density at radius 2 is 2.10 bits per heavy atom. The summed E-state index contributed by atoms with van der Waals surface area (Å²) in [4.78, 5) is 12.4. The molecule has 1 aliphatic heterocycles. The summed E-state index contributed by atoms with van der Waals surface area (Å²) in [6.45, 7) is 0.615. The number of fused-ring (bicyclic) bond motifs is 1. The van der Waals surface area contributed by atoms with Gasteiger partial charge < -0.3 is 15.2 Å². The Morgan fingerprint density at radius 1 is 1.33 bits per heavy atom. The Labute approximate surface area is 129 Å². The van der Waals surface area contributed by atoms with Crippen LogP contribution in [0.25, 0.3) is 0 Å². The molecule has 0 radical (unpaired) electrons. The van der Waals surface area contributed by atoms with Gasteiger partial charge in [-0.15, -0.1) is 0 Å². The summed E-state index contributed by atoms with van der Waals surface area (Å²) in [6.07, 6.45) is 4.57. The minimum atomic E-state index is -1.19. The van der Waals surface area contributed by atoms with E-state index in [0.717, 1.165) is 37.0 Å². The predicted molar refractivity (Wildman–Crippen MR) is 80.5 cm³/mol. The normalized spacial score (nSPS) is 23.8. The fourth-order valence-electron chi connectivity index (χ4n) is 3.18. The molecule has 2 aliphatic rings. The molecular weight excluding hydrogens is 290 g/mol. The lowest BCUT2D eigenvalue weighted by atomic mass is 9.97. The Hall–Kier alpha value is -1.26. The molecule has 1 aromatic rings. The van der Waals surface area contributed by atoms with Crippen LogP contribution in [0, 0.1) is 0 Å². The van der Waals surface area contributed by atoms with Crippen LogP contribution >= 0.6 is 11.6 Å². The van der Waals surface area contributed by atoms with Gasteiger partial charge in [0.05, 0.1) is 12.6 Å². The number of halogens is 1. The molecule has 0 spiro atoms. The number of carbonyl (C=O) groups excluding carboxylic acids is 1. The molecule has 0 saturated heterocycles. The molecule has 1 amide bonds. The molecular formula is C16H20ClNO3. The van der Waals surface area contributed by atoms with E-state index in [1.165, 1.54) is 0 Å². The molecule has 4 nitrogen and oxygen atoms in total. The third-order valence-corrected chi connectivity index (χ3v) is 4.64. The highest BCUT2D eigenvalue weighted by Crippen LogP contribution is 2.35. The maximum Gasteiger partial charge on any atom is 0.252 e. The van der Waals surface area contributed by atoms with Crippen molar-refractivity contribution >= 4 is 17.5 Å². The van der Waals surface area contributed by atoms with Gasteiger partial charge in [0.2, 0.25) is 0 Å². The standard InChI is InChI=1S/C16H20ClNO3/c17-11-5-6-12-13(4-3-9-21-14(12)10-11)18-15(19)16(20)7-1-2-8-16/h5-6,10,13,20H,1-4,7-9H2,(H,18,19). The van der Waals surface area contributed by atoms with Gasteiger partial charge in [0.15, 0.2) is 0 Å². The summed E-state index contributed by atoms with van der Waals surface area (Å²) in [5.74, 6) is 0.469. The van der Waals surface area contributed by atoms with Crippen LogP contribution in [0.3, 0.4) is 0 Å². The second-order valence-corrected chi connectivity index (χ2v) is 6.37. The minimum absolute atomic E-state index is 0.128. The summed E-state index contributed by atoms with van der Waals surface area (Å²) in [5.41, 5.74) is -0.258. The average Bonchev–Trinajstić information content (AvgIpc) is 2.81. The fraction of sp³-hybridized carbons (Fsp3) is 0.562. The van der Waals surface area contributed by atoms with Crippen LogP contribution in [-0.2, 0) is 4.79 Å². The fourth-order valence-corrected chi connectivity index (χ4v) is 3.34. The number of nitrogens with one attached hydrogen (secondary N) is 1. The van der Waals surface area contributed by atoms with Gasteiger partial charge in [0, 0.05) is 10.6 Å². The zero-order valence-electron chi connectivity index (χ0n) is 11.9. The Balaban J connectivity index is 1.81. The topological polar surface area (TPSA) is 58.6 Å². The Bertz CT molecular complexity index is 540. The number of ether oxygens (including phenoxy) is 1. The van der Waals surface area contributed by atoms with Crippen molar-refractivity contribution in [1.82, 2.24) is 5.32 Å². The van der Waals surface area contributed by atoms with Gasteiger partial charge in [0.1, 0.15) is 11.4 Å². The molecule has 1 aliphatic carbocycles. The first-order valence-corrected chi connectivity index (χ1v) is 7.92. The second kappa shape index (κ2) is 5.85. The van der Waals surface area contributed by atoms with E-state index in [9.17, 15) is 9.90 Å². The van der Waals surface area contributed by atoms with E-state index in [-0.39, 0.29) is 11.9 Å². The first kappa shape index (κ1) is 14.7. The number of benzene rings is 1. The molecule has 3 rings (SSSR count). The van der Waals surface area contributed by atoms with Crippen LogP contribution < -0.4 is 10.1 Å². The second-order valence-electron chi connectivity index (χ2n) is 5.94. The van der Waals surface area contributed by atoms with Crippen LogP contribution in [0.1, 0.15) is 50.1 Å². The van der Waals surface area contributed by atoms with Crippen molar-refractivity contribution in [3.8, 4) is 5.75 Å². The van der Waals surface area contributed by atoms with E-state index in [2.05, 4.69) is 5.32 Å². The lowest BCUT2D eigenvalue weighted by Gasteiger charge is -2.25. The molecule has 21 heavy (non-hydrogen) atoms. The van der Waals surface area contributed by atoms with Gasteiger partial charge in [-0.25, -0.2) is 0 Å². The molecule has 1 unspecified atom stereocenters. The van der Waals surface area contributed by atoms with Crippen molar-refractivity contribution in [1.29, 1.82) is 0 Å². The van der Waals surface area contributed by atoms with E-state index in [1.54, 1.807) is 12.1 Å². The van der Waals surface area contributed by atoms with Gasteiger partial charge in [-0.05, 0) is 50.7 Å². The predicted octanol–water partition coefficient (Wildman–Crippen LogP) is 2.98. The third-order valence-electron chi connectivity index (χ3n) is 4.40. The van der Waals surface area contributed by atoms with Crippen molar-refractivity contribution in [2.24, 2.45) is 0 Å². The van der Waals surface area contributed by atoms with E-state index >= 15 is 0 Å². The number of carbonyl (C=O) groups is 1. The number of rotatable bonds is 2. The molecule has 1 heterocycles. The smallest absolute Gasteiger partial charge is 0.252 e. The van der Waals surface area contributed by atoms with E-state index in [0.29, 0.717) is 24.5 Å². The molecule has 1 saturated carbocycles. The summed E-state index contributed by atoms with van der Waals surface area (Å²) < 4.78 is 5.69. The molecule has 0 aromatic heterocycles. The van der Waals surface area contributed by atoms with Crippen LogP contribution in [0.5, 0.6) is 5.75 Å². The maximum atomic E-state index is 12.4. The molecule has 1 aromatic carbocycles. The van der Waals surface area contributed by atoms with Crippen LogP contribution in [0.2, 0.25) is 5.02 Å². The monoisotopic (exact) mass is 309 g/mol. The molecule has 2 N–H and O–H groups in total. The summed E-state index contributed by atoms with van der Waals surface area (Å²) in [7, 11) is 0. The van der Waals surface area contributed by atoms with E-state index in [4.69, 9.17) is 16.3 Å². The average molecular weight is 310 g/mol. The van der Waals surface area contributed by atoms with E-state index in [1.807, 2.05) is 6.07 Å². The summed E-state index contributed by atoms with van der Waals surface area (Å²) in [6, 6.07) is 5.36. The summed E-state index contributed by atoms with van der Waals surface area (Å²) in [5, 5.41) is 14.0. The maximum absolute atomic E-state index is 12.4. The minimum Gasteiger partial charge on any atom is -0.493 e. The SMILES string of the molecule is O=C(NC1CCCOc2cc(Cl)ccc21)C1(O)CCCC1. The lowest BCUT2D eigenvalue weighted by Crippen LogP contribution is -2.46. The summed E-state index contributed by atoms with van der Waals surface area (Å²) >= 11 is 6.00. The van der Waals surface area contributed by atoms with Gasteiger partial charge in [-0.3, -0.25) is 4.79 Å².